The largest absolute Gasteiger partial charge is 0.256 e. The fourth-order valence-corrected chi connectivity index (χ4v) is 4.56. The Balaban J connectivity index is 2.31. The van der Waals surface area contributed by atoms with Crippen LogP contribution in [0.15, 0.2) is 12.4 Å². The van der Waals surface area contributed by atoms with Gasteiger partial charge in [-0.3, -0.25) is 0 Å². The Morgan fingerprint density at radius 1 is 0.567 bits per heavy atom. The lowest BCUT2D eigenvalue weighted by atomic mass is 10.1. The summed E-state index contributed by atoms with van der Waals surface area (Å²) in [6, 6.07) is 0. The highest BCUT2D eigenvalue weighted by molar-refractivity contribution is 4.84. The Morgan fingerprint density at radius 2 is 1.03 bits per heavy atom. The van der Waals surface area contributed by atoms with E-state index in [1.165, 1.54) is 142 Å². The molecule has 0 aliphatic heterocycles. The van der Waals surface area contributed by atoms with Gasteiger partial charge in [0.1, 0.15) is 12.4 Å². The Hall–Kier alpha value is -0.790. The number of unbranched alkanes of at least 4 members (excludes halogenated alkanes) is 16. The predicted molar refractivity (Wildman–Crippen MR) is 133 cm³/mol. The molecule has 0 saturated heterocycles. The number of imidazole rings is 1. The zero-order chi connectivity index (χ0) is 21.7. The van der Waals surface area contributed by atoms with E-state index in [-0.39, 0.29) is 0 Å². The average Bonchev–Trinajstić information content (AvgIpc) is 3.13. The summed E-state index contributed by atoms with van der Waals surface area (Å²) >= 11 is 0. The van der Waals surface area contributed by atoms with Gasteiger partial charge >= 0.3 is 0 Å². The van der Waals surface area contributed by atoms with E-state index in [4.69, 9.17) is 0 Å². The van der Waals surface area contributed by atoms with Crippen molar-refractivity contribution in [1.82, 2.24) is 4.57 Å². The zero-order valence-electron chi connectivity index (χ0n) is 21.1. The lowest BCUT2D eigenvalue weighted by molar-refractivity contribution is -0.704. The second-order valence-electron chi connectivity index (χ2n) is 9.51. The molecule has 0 radical (unpaired) electrons. The lowest BCUT2D eigenvalue weighted by Crippen LogP contribution is -2.37. The third kappa shape index (κ3) is 13.5. The summed E-state index contributed by atoms with van der Waals surface area (Å²) in [5.74, 6) is 1.59. The van der Waals surface area contributed by atoms with Crippen molar-refractivity contribution in [3.63, 3.8) is 0 Å². The maximum atomic E-state index is 2.58. The van der Waals surface area contributed by atoms with Crippen LogP contribution >= 0.6 is 0 Å². The van der Waals surface area contributed by atoms with E-state index in [2.05, 4.69) is 42.3 Å². The topological polar surface area (TPSA) is 8.81 Å². The van der Waals surface area contributed by atoms with Gasteiger partial charge in [0.15, 0.2) is 0 Å². The minimum atomic E-state index is 1.22. The second-order valence-corrected chi connectivity index (χ2v) is 9.51. The number of aryl methyl sites for hydroxylation is 2. The minimum Gasteiger partial charge on any atom is -0.234 e. The summed E-state index contributed by atoms with van der Waals surface area (Å²) in [6.07, 6.45) is 32.6. The first kappa shape index (κ1) is 27.2. The maximum absolute atomic E-state index is 2.58. The fourth-order valence-electron chi connectivity index (χ4n) is 4.56. The molecule has 0 bridgehead atoms. The molecular weight excluding hydrogens is 364 g/mol. The van der Waals surface area contributed by atoms with Gasteiger partial charge in [-0.05, 0) is 32.1 Å². The molecule has 176 valence electrons. The van der Waals surface area contributed by atoms with Crippen molar-refractivity contribution in [1.29, 1.82) is 0 Å². The van der Waals surface area contributed by atoms with Gasteiger partial charge in [-0.15, -0.1) is 0 Å². The molecule has 0 unspecified atom stereocenters. The number of aromatic nitrogens is 2. The molecule has 1 aromatic heterocycles. The molecule has 0 saturated carbocycles. The minimum absolute atomic E-state index is 1.22. The molecule has 0 fully saturated rings. The standard InChI is InChI=1S/C28H55N2/c1-4-7-10-12-14-15-17-19-22-25-30-27-26-29(28(30)23-20-9-6-3)24-21-18-16-13-11-8-5-2/h26-27H,4-25H2,1-3H3/q+1. The number of hydrogen-bond acceptors (Lipinski definition) is 0. The van der Waals surface area contributed by atoms with Crippen molar-refractivity contribution >= 4 is 0 Å². The van der Waals surface area contributed by atoms with Crippen LogP contribution in [-0.4, -0.2) is 4.57 Å². The van der Waals surface area contributed by atoms with Gasteiger partial charge < -0.3 is 0 Å². The van der Waals surface area contributed by atoms with Gasteiger partial charge in [0.05, 0.1) is 13.1 Å². The van der Waals surface area contributed by atoms with Crippen LogP contribution in [0.2, 0.25) is 0 Å². The molecule has 1 aromatic rings. The molecule has 0 spiro atoms. The van der Waals surface area contributed by atoms with Gasteiger partial charge in [0, 0.05) is 6.42 Å². The van der Waals surface area contributed by atoms with Crippen LogP contribution in [0.1, 0.15) is 149 Å². The molecule has 0 atom stereocenters. The fraction of sp³-hybridized carbons (Fsp3) is 0.893. The van der Waals surface area contributed by atoms with Crippen LogP contribution in [0.3, 0.4) is 0 Å². The Morgan fingerprint density at radius 3 is 1.60 bits per heavy atom. The van der Waals surface area contributed by atoms with Crippen LogP contribution in [0.4, 0.5) is 0 Å². The second kappa shape index (κ2) is 20.1. The Bertz CT molecular complexity index is 477. The number of rotatable bonds is 22. The predicted octanol–water partition coefficient (Wildman–Crippen LogP) is 8.79. The van der Waals surface area contributed by atoms with Crippen LogP contribution in [-0.2, 0) is 19.5 Å². The zero-order valence-corrected chi connectivity index (χ0v) is 21.1. The highest BCUT2D eigenvalue weighted by Gasteiger charge is 2.16. The SMILES string of the molecule is CCCCCCCCCCCn1cc[n+](CCCCCCCCC)c1CCCCC. The Kier molecular flexibility index (Phi) is 18.3. The van der Waals surface area contributed by atoms with E-state index in [1.807, 2.05) is 0 Å². The van der Waals surface area contributed by atoms with E-state index < -0.39 is 0 Å². The first-order chi connectivity index (χ1) is 14.8. The van der Waals surface area contributed by atoms with Gasteiger partial charge in [-0.25, -0.2) is 9.13 Å². The first-order valence-electron chi connectivity index (χ1n) is 13.9. The normalized spacial score (nSPS) is 11.4. The van der Waals surface area contributed by atoms with Crippen LogP contribution in [0, 0.1) is 0 Å². The smallest absolute Gasteiger partial charge is 0.234 e. The average molecular weight is 420 g/mol. The molecule has 1 heterocycles. The van der Waals surface area contributed by atoms with Crippen LogP contribution < -0.4 is 4.57 Å². The van der Waals surface area contributed by atoms with Crippen molar-refractivity contribution in [3.05, 3.63) is 18.2 Å². The number of nitrogens with zero attached hydrogens (tertiary/aromatic N) is 2. The van der Waals surface area contributed by atoms with E-state index in [0.29, 0.717) is 0 Å². The van der Waals surface area contributed by atoms with E-state index in [9.17, 15) is 0 Å². The molecule has 2 heteroatoms. The van der Waals surface area contributed by atoms with Gasteiger partial charge in [0.2, 0.25) is 0 Å². The molecule has 1 rings (SSSR count). The molecule has 2 nitrogen and oxygen atoms in total. The summed E-state index contributed by atoms with van der Waals surface area (Å²) in [7, 11) is 0. The van der Waals surface area contributed by atoms with Crippen molar-refractivity contribution in [2.45, 2.75) is 162 Å². The Labute approximate surface area is 189 Å². The quantitative estimate of drug-likeness (QED) is 0.131. The monoisotopic (exact) mass is 419 g/mol. The molecule has 0 amide bonds. The van der Waals surface area contributed by atoms with Crippen molar-refractivity contribution in [2.24, 2.45) is 0 Å². The van der Waals surface area contributed by atoms with Crippen molar-refractivity contribution < 1.29 is 4.57 Å². The molecule has 0 aromatic carbocycles. The molecule has 0 N–H and O–H groups in total. The number of hydrogen-bond donors (Lipinski definition) is 0. The maximum Gasteiger partial charge on any atom is 0.256 e. The van der Waals surface area contributed by atoms with Gasteiger partial charge in [-0.2, -0.15) is 0 Å². The van der Waals surface area contributed by atoms with Crippen molar-refractivity contribution in [3.8, 4) is 0 Å². The van der Waals surface area contributed by atoms with Gasteiger partial charge in [0.25, 0.3) is 5.82 Å². The summed E-state index contributed by atoms with van der Waals surface area (Å²) < 4.78 is 5.16. The summed E-state index contributed by atoms with van der Waals surface area (Å²) in [5, 5.41) is 0. The van der Waals surface area contributed by atoms with Crippen LogP contribution in [0.5, 0.6) is 0 Å². The van der Waals surface area contributed by atoms with E-state index in [1.54, 1.807) is 5.82 Å². The highest BCUT2D eigenvalue weighted by Crippen LogP contribution is 2.12. The highest BCUT2D eigenvalue weighted by atomic mass is 15.1. The molecule has 0 aliphatic carbocycles. The van der Waals surface area contributed by atoms with E-state index >= 15 is 0 Å². The van der Waals surface area contributed by atoms with Crippen LogP contribution in [0.25, 0.3) is 0 Å². The third-order valence-corrected chi connectivity index (χ3v) is 6.60. The van der Waals surface area contributed by atoms with Gasteiger partial charge in [-0.1, -0.05) is 111 Å². The molecule has 30 heavy (non-hydrogen) atoms. The molecule has 0 aliphatic rings. The van der Waals surface area contributed by atoms with E-state index in [0.717, 1.165) is 0 Å². The molecular formula is C28H55N2+. The lowest BCUT2D eigenvalue weighted by Gasteiger charge is -2.06. The third-order valence-electron chi connectivity index (χ3n) is 6.60. The summed E-state index contributed by atoms with van der Waals surface area (Å²) in [4.78, 5) is 0. The summed E-state index contributed by atoms with van der Waals surface area (Å²) in [6.45, 7) is 9.36. The van der Waals surface area contributed by atoms with Crippen molar-refractivity contribution in [2.75, 3.05) is 0 Å². The summed E-state index contributed by atoms with van der Waals surface area (Å²) in [5.41, 5.74) is 0. The first-order valence-corrected chi connectivity index (χ1v) is 13.9.